The van der Waals surface area contributed by atoms with Crippen molar-refractivity contribution < 1.29 is 19.1 Å². The maximum absolute atomic E-state index is 12.8. The molecule has 2 aromatic carbocycles. The van der Waals surface area contributed by atoms with E-state index in [0.29, 0.717) is 40.3 Å². The summed E-state index contributed by atoms with van der Waals surface area (Å²) >= 11 is 8.71. The SMILES string of the molecule is COCCOc1ccc(C(=O)NC(=S)Nc2ccccc2C(=O)N2CCCC2)cc1Br. The molecule has 2 aromatic rings. The number of likely N-dealkylation sites (tertiary alicyclic amines) is 1. The fourth-order valence-electron chi connectivity index (χ4n) is 3.19. The number of anilines is 1. The van der Waals surface area contributed by atoms with Crippen LogP contribution in [0.15, 0.2) is 46.9 Å². The van der Waals surface area contributed by atoms with Gasteiger partial charge in [0.1, 0.15) is 12.4 Å². The molecule has 2 N–H and O–H groups in total. The lowest BCUT2D eigenvalue weighted by atomic mass is 10.1. The monoisotopic (exact) mass is 505 g/mol. The van der Waals surface area contributed by atoms with E-state index in [0.717, 1.165) is 25.9 Å². The van der Waals surface area contributed by atoms with Gasteiger partial charge in [-0.25, -0.2) is 0 Å². The highest BCUT2D eigenvalue weighted by molar-refractivity contribution is 9.10. The summed E-state index contributed by atoms with van der Waals surface area (Å²) in [7, 11) is 1.60. The number of rotatable bonds is 7. The molecule has 0 aromatic heterocycles. The van der Waals surface area contributed by atoms with Crippen LogP contribution in [0.3, 0.4) is 0 Å². The van der Waals surface area contributed by atoms with E-state index in [1.54, 1.807) is 37.4 Å². The van der Waals surface area contributed by atoms with Gasteiger partial charge in [0.2, 0.25) is 0 Å². The van der Waals surface area contributed by atoms with Crippen molar-refractivity contribution in [3.63, 3.8) is 0 Å². The van der Waals surface area contributed by atoms with Gasteiger partial charge in [0.05, 0.1) is 22.3 Å². The number of hydrogen-bond donors (Lipinski definition) is 2. The Morgan fingerprint density at radius 1 is 1.13 bits per heavy atom. The zero-order chi connectivity index (χ0) is 22.2. The second-order valence-electron chi connectivity index (χ2n) is 6.94. The molecule has 9 heteroatoms. The van der Waals surface area contributed by atoms with Crippen LogP contribution in [0.2, 0.25) is 0 Å². The summed E-state index contributed by atoms with van der Waals surface area (Å²) in [4.78, 5) is 27.2. The molecule has 0 radical (unpaired) electrons. The van der Waals surface area contributed by atoms with Crippen molar-refractivity contribution >= 4 is 50.8 Å². The zero-order valence-electron chi connectivity index (χ0n) is 17.2. The van der Waals surface area contributed by atoms with Crippen molar-refractivity contribution in [2.75, 3.05) is 38.7 Å². The smallest absolute Gasteiger partial charge is 0.257 e. The summed E-state index contributed by atoms with van der Waals surface area (Å²) in [5, 5.41) is 5.75. The Morgan fingerprint density at radius 2 is 1.87 bits per heavy atom. The Bertz CT molecular complexity index is 964. The molecule has 1 aliphatic rings. The number of methoxy groups -OCH3 is 1. The third-order valence-corrected chi connectivity index (χ3v) is 5.59. The Hall–Kier alpha value is -2.49. The van der Waals surface area contributed by atoms with E-state index in [9.17, 15) is 9.59 Å². The first kappa shape index (κ1) is 23.2. The Morgan fingerprint density at radius 3 is 2.58 bits per heavy atom. The van der Waals surface area contributed by atoms with Crippen LogP contribution in [0.25, 0.3) is 0 Å². The largest absolute Gasteiger partial charge is 0.490 e. The Balaban J connectivity index is 1.63. The Kier molecular flexibility index (Phi) is 8.39. The highest BCUT2D eigenvalue weighted by atomic mass is 79.9. The third-order valence-electron chi connectivity index (χ3n) is 4.77. The van der Waals surface area contributed by atoms with Crippen LogP contribution in [0, 0.1) is 0 Å². The summed E-state index contributed by atoms with van der Waals surface area (Å²) in [5.41, 5.74) is 1.51. The van der Waals surface area contributed by atoms with Crippen LogP contribution in [-0.4, -0.2) is 55.2 Å². The molecule has 0 atom stereocenters. The fourth-order valence-corrected chi connectivity index (χ4v) is 3.89. The van der Waals surface area contributed by atoms with E-state index in [1.165, 1.54) is 0 Å². The number of nitrogens with one attached hydrogen (secondary N) is 2. The molecule has 0 saturated carbocycles. The molecule has 0 bridgehead atoms. The van der Waals surface area contributed by atoms with Crippen LogP contribution in [0.4, 0.5) is 5.69 Å². The van der Waals surface area contributed by atoms with Crippen LogP contribution < -0.4 is 15.4 Å². The summed E-state index contributed by atoms with van der Waals surface area (Å²) in [6.07, 6.45) is 2.03. The summed E-state index contributed by atoms with van der Waals surface area (Å²) < 4.78 is 11.2. The minimum absolute atomic E-state index is 0.0391. The van der Waals surface area contributed by atoms with Crippen LogP contribution in [-0.2, 0) is 4.74 Å². The van der Waals surface area contributed by atoms with E-state index < -0.39 is 0 Å². The molecular formula is C22H24BrN3O4S. The van der Waals surface area contributed by atoms with Gasteiger partial charge in [-0.2, -0.15) is 0 Å². The van der Waals surface area contributed by atoms with Crippen LogP contribution in [0.5, 0.6) is 5.75 Å². The molecule has 7 nitrogen and oxygen atoms in total. The molecule has 31 heavy (non-hydrogen) atoms. The van der Waals surface area contributed by atoms with Gasteiger partial charge < -0.3 is 19.7 Å². The highest BCUT2D eigenvalue weighted by Gasteiger charge is 2.22. The second-order valence-corrected chi connectivity index (χ2v) is 8.20. The van der Waals surface area contributed by atoms with E-state index in [2.05, 4.69) is 26.6 Å². The average molecular weight is 506 g/mol. The number of halogens is 1. The normalized spacial score (nSPS) is 13.0. The fraction of sp³-hybridized carbons (Fsp3) is 0.318. The number of carbonyl (C=O) groups excluding carboxylic acids is 2. The average Bonchev–Trinajstić information content (AvgIpc) is 3.29. The highest BCUT2D eigenvalue weighted by Crippen LogP contribution is 2.26. The molecule has 1 fully saturated rings. The lowest BCUT2D eigenvalue weighted by molar-refractivity contribution is 0.0793. The number of para-hydroxylation sites is 1. The van der Waals surface area contributed by atoms with Crippen molar-refractivity contribution in [3.8, 4) is 5.75 Å². The maximum Gasteiger partial charge on any atom is 0.257 e. The van der Waals surface area contributed by atoms with Crippen molar-refractivity contribution in [1.29, 1.82) is 0 Å². The lowest BCUT2D eigenvalue weighted by Gasteiger charge is -2.18. The quantitative estimate of drug-likeness (QED) is 0.439. The van der Waals surface area contributed by atoms with E-state index in [1.807, 2.05) is 17.0 Å². The lowest BCUT2D eigenvalue weighted by Crippen LogP contribution is -2.35. The molecule has 1 saturated heterocycles. The predicted octanol–water partition coefficient (Wildman–Crippen LogP) is 3.84. The van der Waals surface area contributed by atoms with Gasteiger partial charge in [-0.1, -0.05) is 12.1 Å². The van der Waals surface area contributed by atoms with Gasteiger partial charge in [-0.3, -0.25) is 14.9 Å². The van der Waals surface area contributed by atoms with E-state index in [-0.39, 0.29) is 16.9 Å². The first-order valence-electron chi connectivity index (χ1n) is 9.91. The molecule has 164 valence electrons. The second kappa shape index (κ2) is 11.2. The molecule has 3 rings (SSSR count). The van der Waals surface area contributed by atoms with Gasteiger partial charge >= 0.3 is 0 Å². The zero-order valence-corrected chi connectivity index (χ0v) is 19.6. The van der Waals surface area contributed by atoms with E-state index in [4.69, 9.17) is 21.7 Å². The molecular weight excluding hydrogens is 482 g/mol. The van der Waals surface area contributed by atoms with Crippen molar-refractivity contribution in [2.24, 2.45) is 0 Å². The maximum atomic E-state index is 12.8. The number of carbonyl (C=O) groups is 2. The summed E-state index contributed by atoms with van der Waals surface area (Å²) in [5.74, 6) is 0.205. The predicted molar refractivity (Wildman–Crippen MR) is 127 cm³/mol. The van der Waals surface area contributed by atoms with Crippen LogP contribution >= 0.6 is 28.1 Å². The van der Waals surface area contributed by atoms with Gasteiger partial charge in [0.15, 0.2) is 5.11 Å². The first-order chi connectivity index (χ1) is 15.0. The number of ether oxygens (including phenoxy) is 2. The topological polar surface area (TPSA) is 79.9 Å². The van der Waals surface area contributed by atoms with Gasteiger partial charge in [0.25, 0.3) is 11.8 Å². The Labute approximate surface area is 195 Å². The first-order valence-corrected chi connectivity index (χ1v) is 11.1. The summed E-state index contributed by atoms with van der Waals surface area (Å²) in [6.45, 7) is 2.39. The third kappa shape index (κ3) is 6.25. The van der Waals surface area contributed by atoms with Gasteiger partial charge in [-0.05, 0) is 71.3 Å². The minimum atomic E-state index is -0.370. The molecule has 2 amide bonds. The van der Waals surface area contributed by atoms with Crippen molar-refractivity contribution in [2.45, 2.75) is 12.8 Å². The number of amides is 2. The van der Waals surface area contributed by atoms with Crippen LogP contribution in [0.1, 0.15) is 33.6 Å². The van der Waals surface area contributed by atoms with E-state index >= 15 is 0 Å². The van der Waals surface area contributed by atoms with Crippen molar-refractivity contribution in [1.82, 2.24) is 10.2 Å². The molecule has 1 heterocycles. The summed E-state index contributed by atoms with van der Waals surface area (Å²) in [6, 6.07) is 12.2. The molecule has 0 spiro atoms. The standard InChI is InChI=1S/C22H24BrN3O4S/c1-29-12-13-30-19-9-8-15(14-17(19)23)20(27)25-22(31)24-18-7-3-2-6-16(18)21(28)26-10-4-5-11-26/h2-3,6-9,14H,4-5,10-13H2,1H3,(H2,24,25,27,31). The number of benzene rings is 2. The number of nitrogens with zero attached hydrogens (tertiary/aromatic N) is 1. The number of thiocarbonyl (C=S) groups is 1. The number of hydrogen-bond acceptors (Lipinski definition) is 5. The molecule has 0 aliphatic carbocycles. The molecule has 0 unspecified atom stereocenters. The van der Waals surface area contributed by atoms with Gasteiger partial charge in [-0.15, -0.1) is 0 Å². The minimum Gasteiger partial charge on any atom is -0.490 e. The van der Waals surface area contributed by atoms with Crippen molar-refractivity contribution in [3.05, 3.63) is 58.1 Å². The molecule has 1 aliphatic heterocycles. The van der Waals surface area contributed by atoms with Gasteiger partial charge in [0, 0.05) is 25.8 Å².